The van der Waals surface area contributed by atoms with Crippen molar-refractivity contribution in [3.8, 4) is 17.2 Å². The minimum atomic E-state index is 0.537. The Labute approximate surface area is 132 Å². The summed E-state index contributed by atoms with van der Waals surface area (Å²) in [5, 5.41) is 7.56. The lowest BCUT2D eigenvalue weighted by Crippen LogP contribution is -1.97. The summed E-state index contributed by atoms with van der Waals surface area (Å²) in [6.07, 6.45) is 11.9. The van der Waals surface area contributed by atoms with Gasteiger partial charge in [-0.3, -0.25) is 0 Å². The molecule has 0 amide bonds. The highest BCUT2D eigenvalue weighted by Gasteiger charge is 2.03. The summed E-state index contributed by atoms with van der Waals surface area (Å²) in [4.78, 5) is 0. The smallest absolute Gasteiger partial charge is 0.247 e. The number of rotatable bonds is 11. The molecule has 4 nitrogen and oxygen atoms in total. The molecule has 0 aliphatic rings. The molecule has 22 heavy (non-hydrogen) atoms. The first kappa shape index (κ1) is 16.5. The van der Waals surface area contributed by atoms with Gasteiger partial charge in [-0.15, -0.1) is 10.2 Å². The SMILES string of the molecule is CCCCCCCCCCOc1ccc(-c2nnco2)cc1. The average Bonchev–Trinajstić information content (AvgIpc) is 3.08. The van der Waals surface area contributed by atoms with Crippen molar-refractivity contribution in [1.29, 1.82) is 0 Å². The summed E-state index contributed by atoms with van der Waals surface area (Å²) in [5.41, 5.74) is 0.914. The molecule has 2 aromatic rings. The van der Waals surface area contributed by atoms with E-state index >= 15 is 0 Å². The molecule has 0 saturated heterocycles. The van der Waals surface area contributed by atoms with Crippen LogP contribution in [0.5, 0.6) is 5.75 Å². The molecule has 1 aromatic heterocycles. The van der Waals surface area contributed by atoms with E-state index in [4.69, 9.17) is 9.15 Å². The van der Waals surface area contributed by atoms with Gasteiger partial charge in [0.25, 0.3) is 0 Å². The van der Waals surface area contributed by atoms with Gasteiger partial charge in [0, 0.05) is 5.56 Å². The third-order valence-corrected chi connectivity index (χ3v) is 3.73. The van der Waals surface area contributed by atoms with E-state index < -0.39 is 0 Å². The van der Waals surface area contributed by atoms with Crippen LogP contribution in [0.15, 0.2) is 35.1 Å². The van der Waals surface area contributed by atoms with Crippen molar-refractivity contribution in [2.75, 3.05) is 6.61 Å². The molecule has 0 radical (unpaired) electrons. The van der Waals surface area contributed by atoms with Crippen LogP contribution in [0.25, 0.3) is 11.5 Å². The van der Waals surface area contributed by atoms with Crippen molar-refractivity contribution >= 4 is 0 Å². The molecule has 0 fully saturated rings. The number of ether oxygens (including phenoxy) is 1. The first-order valence-electron chi connectivity index (χ1n) is 8.39. The maximum Gasteiger partial charge on any atom is 0.247 e. The Balaban J connectivity index is 1.56. The predicted molar refractivity (Wildman–Crippen MR) is 87.8 cm³/mol. The van der Waals surface area contributed by atoms with E-state index in [0.29, 0.717) is 5.89 Å². The molecule has 0 spiro atoms. The summed E-state index contributed by atoms with van der Waals surface area (Å²) < 4.78 is 10.9. The third-order valence-electron chi connectivity index (χ3n) is 3.73. The zero-order chi connectivity index (χ0) is 15.5. The fraction of sp³-hybridized carbons (Fsp3) is 0.556. The lowest BCUT2D eigenvalue weighted by Gasteiger charge is -2.06. The highest BCUT2D eigenvalue weighted by atomic mass is 16.5. The first-order valence-corrected chi connectivity index (χ1v) is 8.39. The maximum absolute atomic E-state index is 5.76. The molecule has 0 atom stereocenters. The molecule has 1 aromatic carbocycles. The molecule has 0 aliphatic heterocycles. The van der Waals surface area contributed by atoms with Crippen molar-refractivity contribution in [2.24, 2.45) is 0 Å². The van der Waals surface area contributed by atoms with Gasteiger partial charge in [-0.2, -0.15) is 0 Å². The van der Waals surface area contributed by atoms with E-state index in [1.165, 1.54) is 51.3 Å². The number of hydrogen-bond acceptors (Lipinski definition) is 4. The molecule has 1 heterocycles. The zero-order valence-electron chi connectivity index (χ0n) is 13.5. The summed E-state index contributed by atoms with van der Waals surface area (Å²) >= 11 is 0. The van der Waals surface area contributed by atoms with Gasteiger partial charge in [-0.1, -0.05) is 51.9 Å². The predicted octanol–water partition coefficient (Wildman–Crippen LogP) is 5.26. The summed E-state index contributed by atoms with van der Waals surface area (Å²) in [7, 11) is 0. The maximum atomic E-state index is 5.76. The molecular formula is C18H26N2O2. The number of nitrogens with zero attached hydrogens (tertiary/aromatic N) is 2. The molecule has 0 saturated carbocycles. The van der Waals surface area contributed by atoms with Crippen LogP contribution >= 0.6 is 0 Å². The summed E-state index contributed by atoms with van der Waals surface area (Å²) in [6.45, 7) is 3.04. The van der Waals surface area contributed by atoms with Gasteiger partial charge in [0.05, 0.1) is 6.61 Å². The molecule has 0 N–H and O–H groups in total. The van der Waals surface area contributed by atoms with E-state index in [0.717, 1.165) is 24.3 Å². The van der Waals surface area contributed by atoms with Crippen molar-refractivity contribution in [2.45, 2.75) is 58.3 Å². The number of aromatic nitrogens is 2. The van der Waals surface area contributed by atoms with Gasteiger partial charge in [-0.25, -0.2) is 0 Å². The molecular weight excluding hydrogens is 276 g/mol. The topological polar surface area (TPSA) is 48.2 Å². The first-order chi connectivity index (χ1) is 10.9. The number of unbranched alkanes of at least 4 members (excludes halogenated alkanes) is 7. The summed E-state index contributed by atoms with van der Waals surface area (Å²) in [6, 6.07) is 7.78. The molecule has 4 heteroatoms. The van der Waals surface area contributed by atoms with Gasteiger partial charge >= 0.3 is 0 Å². The highest BCUT2D eigenvalue weighted by molar-refractivity contribution is 5.53. The van der Waals surface area contributed by atoms with Crippen LogP contribution in [-0.4, -0.2) is 16.8 Å². The average molecular weight is 302 g/mol. The zero-order valence-corrected chi connectivity index (χ0v) is 13.5. The Morgan fingerprint density at radius 1 is 0.909 bits per heavy atom. The molecule has 0 unspecified atom stereocenters. The molecule has 120 valence electrons. The van der Waals surface area contributed by atoms with Crippen LogP contribution in [0.3, 0.4) is 0 Å². The van der Waals surface area contributed by atoms with Gasteiger partial charge in [0.2, 0.25) is 12.3 Å². The van der Waals surface area contributed by atoms with Gasteiger partial charge in [0.1, 0.15) is 5.75 Å². The van der Waals surface area contributed by atoms with E-state index in [-0.39, 0.29) is 0 Å². The van der Waals surface area contributed by atoms with Gasteiger partial charge in [-0.05, 0) is 30.7 Å². The minimum absolute atomic E-state index is 0.537. The van der Waals surface area contributed by atoms with E-state index in [1.54, 1.807) is 0 Å². The highest BCUT2D eigenvalue weighted by Crippen LogP contribution is 2.20. The minimum Gasteiger partial charge on any atom is -0.494 e. The van der Waals surface area contributed by atoms with Crippen molar-refractivity contribution in [3.63, 3.8) is 0 Å². The number of hydrogen-bond donors (Lipinski definition) is 0. The standard InChI is InChI=1S/C18H26N2O2/c1-2-3-4-5-6-7-8-9-14-21-17-12-10-16(11-13-17)18-20-19-15-22-18/h10-13,15H,2-9,14H2,1H3. The van der Waals surface area contributed by atoms with Gasteiger partial charge in [0.15, 0.2) is 0 Å². The van der Waals surface area contributed by atoms with Crippen LogP contribution in [-0.2, 0) is 0 Å². The van der Waals surface area contributed by atoms with Crippen LogP contribution in [0.4, 0.5) is 0 Å². The molecule has 0 aliphatic carbocycles. The second-order valence-corrected chi connectivity index (χ2v) is 5.59. The largest absolute Gasteiger partial charge is 0.494 e. The van der Waals surface area contributed by atoms with Crippen molar-refractivity contribution in [3.05, 3.63) is 30.7 Å². The van der Waals surface area contributed by atoms with Gasteiger partial charge < -0.3 is 9.15 Å². The second kappa shape index (κ2) is 9.98. The van der Waals surface area contributed by atoms with E-state index in [9.17, 15) is 0 Å². The Kier molecular flexibility index (Phi) is 7.50. The second-order valence-electron chi connectivity index (χ2n) is 5.59. The Hall–Kier alpha value is -1.84. The van der Waals surface area contributed by atoms with Crippen LogP contribution < -0.4 is 4.74 Å². The lowest BCUT2D eigenvalue weighted by molar-refractivity contribution is 0.304. The van der Waals surface area contributed by atoms with Crippen LogP contribution in [0, 0.1) is 0 Å². The van der Waals surface area contributed by atoms with E-state index in [1.807, 2.05) is 24.3 Å². The normalized spacial score (nSPS) is 10.8. The van der Waals surface area contributed by atoms with Crippen LogP contribution in [0.1, 0.15) is 58.3 Å². The van der Waals surface area contributed by atoms with Crippen LogP contribution in [0.2, 0.25) is 0 Å². The Morgan fingerprint density at radius 3 is 2.23 bits per heavy atom. The monoisotopic (exact) mass is 302 g/mol. The quantitative estimate of drug-likeness (QED) is 0.531. The fourth-order valence-electron chi connectivity index (χ4n) is 2.42. The molecule has 0 bridgehead atoms. The van der Waals surface area contributed by atoms with Crippen molar-refractivity contribution in [1.82, 2.24) is 10.2 Å². The third kappa shape index (κ3) is 5.88. The summed E-state index contributed by atoms with van der Waals surface area (Å²) in [5.74, 6) is 1.43. The van der Waals surface area contributed by atoms with E-state index in [2.05, 4.69) is 17.1 Å². The Bertz CT molecular complexity index is 494. The lowest BCUT2D eigenvalue weighted by atomic mass is 10.1. The Morgan fingerprint density at radius 2 is 1.59 bits per heavy atom. The molecule has 2 rings (SSSR count). The number of benzene rings is 1. The fourth-order valence-corrected chi connectivity index (χ4v) is 2.42. The van der Waals surface area contributed by atoms with Crippen molar-refractivity contribution < 1.29 is 9.15 Å².